The van der Waals surface area contributed by atoms with Crippen LogP contribution in [0, 0.1) is 11.3 Å². The second-order valence-electron chi connectivity index (χ2n) is 20.9. The first-order valence-electron chi connectivity index (χ1n) is 26.4. The number of nitrogens with one attached hydrogen (secondary N) is 2. The average Bonchev–Trinajstić information content (AvgIpc) is 3.59. The van der Waals surface area contributed by atoms with Crippen molar-refractivity contribution in [1.82, 2.24) is 14.5 Å². The van der Waals surface area contributed by atoms with E-state index in [1.54, 1.807) is 45.0 Å². The number of likely N-dealkylation sites (N-methyl/N-ethyl adjacent to an activating group) is 1. The number of piperidine rings is 1. The van der Waals surface area contributed by atoms with Crippen LogP contribution in [-0.2, 0) is 38.4 Å². The summed E-state index contributed by atoms with van der Waals surface area (Å²) in [5, 5.41) is 3.59. The van der Waals surface area contributed by atoms with Gasteiger partial charge in [-0.1, -0.05) is 101 Å². The maximum absolute atomic E-state index is 14.5. The van der Waals surface area contributed by atoms with Crippen molar-refractivity contribution in [3.63, 3.8) is 0 Å². The molecule has 2 heterocycles. The Morgan fingerprint density at radius 2 is 1.54 bits per heavy atom. The Bertz CT molecular complexity index is 3130. The van der Waals surface area contributed by atoms with Crippen LogP contribution < -0.4 is 14.9 Å². The van der Waals surface area contributed by atoms with Crippen LogP contribution in [0.15, 0.2) is 136 Å². The number of hydrogen-bond donors (Lipinski definition) is 4. The summed E-state index contributed by atoms with van der Waals surface area (Å²) in [6, 6.07) is 32.1. The number of carbonyl (C=O) groups excluding carboxylic acids is 1. The number of halogens is 4. The molecule has 0 radical (unpaired) electrons. The minimum absolute atomic E-state index is 0.0581. The van der Waals surface area contributed by atoms with E-state index in [1.807, 2.05) is 71.5 Å². The van der Waals surface area contributed by atoms with Crippen molar-refractivity contribution >= 4 is 68.3 Å². The van der Waals surface area contributed by atoms with Gasteiger partial charge in [-0.15, -0.1) is 11.8 Å². The van der Waals surface area contributed by atoms with Gasteiger partial charge in [0.05, 0.1) is 29.9 Å². The Hall–Kier alpha value is -4.55. The molecule has 2 aliphatic heterocycles. The quantitative estimate of drug-likeness (QED) is 0.0258. The highest BCUT2D eigenvalue weighted by Crippen LogP contribution is 2.47. The summed E-state index contributed by atoms with van der Waals surface area (Å²) in [7, 11) is -16.1. The smallest absolute Gasteiger partial charge is 0.380 e. The Morgan fingerprint density at radius 3 is 2.16 bits per heavy atom. The van der Waals surface area contributed by atoms with E-state index >= 15 is 0 Å². The number of hydrogen-bond acceptors (Lipinski definition) is 14. The maximum atomic E-state index is 14.5. The lowest BCUT2D eigenvalue weighted by atomic mass is 9.83. The number of carbonyl (C=O) groups is 1. The van der Waals surface area contributed by atoms with Crippen LogP contribution in [0.5, 0.6) is 0 Å². The van der Waals surface area contributed by atoms with E-state index in [0.717, 1.165) is 53.4 Å². The van der Waals surface area contributed by atoms with Crippen LogP contribution in [0.25, 0.3) is 11.1 Å². The topological polar surface area (TPSA) is 204 Å². The number of amides is 1. The number of morpholine rings is 1. The second-order valence-corrected chi connectivity index (χ2v) is 27.2. The fourth-order valence-electron chi connectivity index (χ4n) is 9.76. The number of phosphoric acid groups is 1. The molecule has 5 aromatic carbocycles. The molecule has 7 rings (SSSR count). The molecule has 0 saturated carbocycles. The van der Waals surface area contributed by atoms with Crippen molar-refractivity contribution in [3.8, 4) is 11.1 Å². The molecule has 1 amide bonds. The van der Waals surface area contributed by atoms with Crippen molar-refractivity contribution in [2.24, 2.45) is 11.3 Å². The molecule has 4 N–H and O–H groups in total. The van der Waals surface area contributed by atoms with E-state index in [9.17, 15) is 49.2 Å². The lowest BCUT2D eigenvalue weighted by Gasteiger charge is -2.41. The molecule has 24 heteroatoms. The minimum Gasteiger partial charge on any atom is -0.380 e. The third-order valence-electron chi connectivity index (χ3n) is 14.2. The summed E-state index contributed by atoms with van der Waals surface area (Å²) in [4.78, 5) is 38.7. The van der Waals surface area contributed by atoms with Gasteiger partial charge in [0.15, 0.2) is 6.29 Å². The molecular weight excluding hydrogens is 1140 g/mol. The molecule has 0 aromatic heterocycles. The molecule has 2 fully saturated rings. The SMILES string of the molecule is CCN(CC)C[C@H]1COCCN1CC[C@H](CSc1ccccc1)Nc1ccc(S(=O)(=O)NC(=O)c2ccc(N3CCC([C@@H](OC(OP(=O)(O)O)C(C)(C)C)c4ccccc4-c4ccc(Cl)cc4)CC3)cc2)cc1S(=O)(=O)C(F)(F)F. The monoisotopic (exact) mass is 1210 g/mol. The van der Waals surface area contributed by atoms with E-state index in [4.69, 9.17) is 25.6 Å². The van der Waals surface area contributed by atoms with Crippen molar-refractivity contribution < 1.29 is 63.2 Å². The highest BCUT2D eigenvalue weighted by atomic mass is 35.5. The number of sulfonamides is 1. The lowest BCUT2D eigenvalue weighted by Crippen LogP contribution is -2.52. The van der Waals surface area contributed by atoms with Gasteiger partial charge in [-0.05, 0) is 122 Å². The Morgan fingerprint density at radius 1 is 0.887 bits per heavy atom. The molecule has 80 heavy (non-hydrogen) atoms. The van der Waals surface area contributed by atoms with Gasteiger partial charge in [0, 0.05) is 77.1 Å². The van der Waals surface area contributed by atoms with E-state index in [-0.39, 0.29) is 17.5 Å². The average molecular weight is 1210 g/mol. The molecule has 2 aliphatic rings. The zero-order valence-electron chi connectivity index (χ0n) is 45.2. The summed E-state index contributed by atoms with van der Waals surface area (Å²) >= 11 is 7.66. The number of thioether (sulfide) groups is 1. The fourth-order valence-corrected chi connectivity index (χ4v) is 13.5. The molecule has 5 aromatic rings. The molecule has 2 saturated heterocycles. The number of benzene rings is 5. The van der Waals surface area contributed by atoms with Gasteiger partial charge in [-0.25, -0.2) is 26.1 Å². The van der Waals surface area contributed by atoms with Crippen LogP contribution in [0.2, 0.25) is 5.02 Å². The number of ether oxygens (including phenoxy) is 2. The Labute approximate surface area is 476 Å². The second kappa shape index (κ2) is 27.2. The van der Waals surface area contributed by atoms with Crippen molar-refractivity contribution in [2.45, 2.75) is 98.6 Å². The van der Waals surface area contributed by atoms with Crippen LogP contribution in [0.3, 0.4) is 0 Å². The maximum Gasteiger partial charge on any atom is 0.501 e. The molecular formula is C56H70ClF3N5O11PS3. The first kappa shape index (κ1) is 63.0. The first-order chi connectivity index (χ1) is 37.8. The zero-order chi connectivity index (χ0) is 58.0. The number of nitrogens with zero attached hydrogens (tertiary/aromatic N) is 3. The minimum atomic E-state index is -6.15. The zero-order valence-corrected chi connectivity index (χ0v) is 49.3. The fraction of sp³-hybridized carbons (Fsp3) is 0.446. The van der Waals surface area contributed by atoms with Crippen molar-refractivity contribution in [3.05, 3.63) is 137 Å². The molecule has 16 nitrogen and oxygen atoms in total. The first-order valence-corrected chi connectivity index (χ1v) is 32.2. The van der Waals surface area contributed by atoms with E-state index in [0.29, 0.717) is 81.2 Å². The van der Waals surface area contributed by atoms with Crippen molar-refractivity contribution in [2.75, 3.05) is 75.0 Å². The summed E-state index contributed by atoms with van der Waals surface area (Å²) in [5.41, 5.74) is -4.03. The van der Waals surface area contributed by atoms with Crippen molar-refractivity contribution in [1.29, 1.82) is 0 Å². The Kier molecular flexibility index (Phi) is 21.5. The number of sulfone groups is 1. The normalized spacial score (nSPS) is 17.5. The summed E-state index contributed by atoms with van der Waals surface area (Å²) < 4.78 is 130. The van der Waals surface area contributed by atoms with Gasteiger partial charge in [-0.2, -0.15) is 13.2 Å². The highest BCUT2D eigenvalue weighted by Gasteiger charge is 2.49. The molecule has 0 spiro atoms. The number of anilines is 2. The molecule has 1 unspecified atom stereocenters. The lowest BCUT2D eigenvalue weighted by molar-refractivity contribution is -0.194. The summed E-state index contributed by atoms with van der Waals surface area (Å²) in [6.07, 6.45) is -0.508. The third kappa shape index (κ3) is 16.8. The number of alkyl halides is 3. The number of phosphoric ester groups is 1. The predicted molar refractivity (Wildman–Crippen MR) is 306 cm³/mol. The van der Waals surface area contributed by atoms with Gasteiger partial charge in [0.2, 0.25) is 0 Å². The van der Waals surface area contributed by atoms with Gasteiger partial charge >= 0.3 is 13.3 Å². The van der Waals surface area contributed by atoms with Crippen LogP contribution in [0.1, 0.15) is 75.9 Å². The van der Waals surface area contributed by atoms with Gasteiger partial charge in [0.1, 0.15) is 4.90 Å². The largest absolute Gasteiger partial charge is 0.501 e. The third-order valence-corrected chi connectivity index (χ3v) is 19.0. The van der Waals surface area contributed by atoms with Crippen LogP contribution in [0.4, 0.5) is 24.5 Å². The van der Waals surface area contributed by atoms with Gasteiger partial charge < -0.3 is 34.4 Å². The Balaban J connectivity index is 1.07. The predicted octanol–water partition coefficient (Wildman–Crippen LogP) is 10.9. The molecule has 436 valence electrons. The molecule has 0 bridgehead atoms. The van der Waals surface area contributed by atoms with Crippen LogP contribution in [-0.4, -0.2) is 131 Å². The number of rotatable bonds is 24. The highest BCUT2D eigenvalue weighted by molar-refractivity contribution is 7.99. The summed E-state index contributed by atoms with van der Waals surface area (Å²) in [6.45, 7) is 15.0. The summed E-state index contributed by atoms with van der Waals surface area (Å²) in [5.74, 6) is -0.960. The molecule has 0 aliphatic carbocycles. The van der Waals surface area contributed by atoms with Gasteiger partial charge in [0.25, 0.3) is 25.8 Å². The van der Waals surface area contributed by atoms with E-state index in [2.05, 4.69) is 33.9 Å². The standard InChI is InChI=1S/C56H70ClF3N5O11PS3/c1-6-63(7-2)36-45-37-74-34-33-65(45)32-29-43(38-78-46-13-9-8-10-14-46)61-50-26-25-47(35-51(50)79(70,71)56(58,59)60)80(72,73)62-53(66)41-19-23-44(24-20-41)64-30-27-40(28-31-64)52(75-54(55(3,4)5)76-77(67,68)69)49-16-12-11-15-48(49)39-17-21-42(57)22-18-39/h8-26,35,40,43,45,52,54,61H,6-7,27-34,36-38H2,1-5H3,(H,62,66)(H2,67,68,69)/t43-,45+,52-,54?/m1/s1. The molecule has 4 atom stereocenters. The van der Waals surface area contributed by atoms with Gasteiger partial charge in [-0.3, -0.25) is 14.2 Å². The van der Waals surface area contributed by atoms with E-state index in [1.165, 1.54) is 23.9 Å². The van der Waals surface area contributed by atoms with E-state index < -0.39 is 78.4 Å². The van der Waals surface area contributed by atoms with Crippen LogP contribution >= 0.6 is 31.2 Å².